The summed E-state index contributed by atoms with van der Waals surface area (Å²) >= 11 is 1.48. The van der Waals surface area contributed by atoms with E-state index in [4.69, 9.17) is 9.15 Å². The van der Waals surface area contributed by atoms with E-state index in [1.807, 2.05) is 0 Å². The van der Waals surface area contributed by atoms with Crippen LogP contribution in [0.4, 0.5) is 10.4 Å². The van der Waals surface area contributed by atoms with Crippen molar-refractivity contribution in [2.45, 2.75) is 30.3 Å². The summed E-state index contributed by atoms with van der Waals surface area (Å²) in [6.07, 6.45) is 1.95. The lowest BCUT2D eigenvalue weighted by Crippen LogP contribution is -2.12. The number of hydrogen-bond acceptors (Lipinski definition) is 6. The molecule has 23 heavy (non-hydrogen) atoms. The van der Waals surface area contributed by atoms with Crippen LogP contribution in [0.3, 0.4) is 0 Å². The van der Waals surface area contributed by atoms with Gasteiger partial charge in [-0.3, -0.25) is 10.1 Å². The molecule has 0 aliphatic carbocycles. The molecule has 122 valence electrons. The molecule has 3 rings (SSSR count). The quantitative estimate of drug-likeness (QED) is 0.816. The topological polar surface area (TPSA) is 77.2 Å². The Hall–Kier alpha value is -1.93. The number of rotatable bonds is 6. The molecule has 1 aromatic carbocycles. The van der Waals surface area contributed by atoms with Gasteiger partial charge in [-0.1, -0.05) is 5.10 Å². The third-order valence-corrected chi connectivity index (χ3v) is 4.32. The van der Waals surface area contributed by atoms with Gasteiger partial charge in [-0.15, -0.1) is 16.9 Å². The lowest BCUT2D eigenvalue weighted by molar-refractivity contribution is -0.115. The van der Waals surface area contributed by atoms with Crippen molar-refractivity contribution in [1.29, 1.82) is 0 Å². The fraction of sp³-hybridized carbons (Fsp3) is 0.400. The third kappa shape index (κ3) is 4.52. The fourth-order valence-corrected chi connectivity index (χ4v) is 3.01. The SMILES string of the molecule is O=C(CCSc1ccc(F)cc1)Nc1nnc(C2CCCO2)o1. The van der Waals surface area contributed by atoms with Gasteiger partial charge in [-0.25, -0.2) is 4.39 Å². The highest BCUT2D eigenvalue weighted by Crippen LogP contribution is 2.28. The first-order valence-corrected chi connectivity index (χ1v) is 8.32. The zero-order valence-electron chi connectivity index (χ0n) is 12.3. The summed E-state index contributed by atoms with van der Waals surface area (Å²) in [5.41, 5.74) is 0. The van der Waals surface area contributed by atoms with Crippen LogP contribution in [0.25, 0.3) is 0 Å². The molecule has 6 nitrogen and oxygen atoms in total. The number of amides is 1. The minimum Gasteiger partial charge on any atom is -0.405 e. The number of carbonyl (C=O) groups excluding carboxylic acids is 1. The van der Waals surface area contributed by atoms with Crippen molar-refractivity contribution in [3.63, 3.8) is 0 Å². The van der Waals surface area contributed by atoms with Gasteiger partial charge in [0.15, 0.2) is 0 Å². The molecule has 2 aromatic rings. The number of hydrogen-bond donors (Lipinski definition) is 1. The normalized spacial score (nSPS) is 17.3. The van der Waals surface area contributed by atoms with Crippen molar-refractivity contribution in [1.82, 2.24) is 10.2 Å². The van der Waals surface area contributed by atoms with Crippen LogP contribution in [0.2, 0.25) is 0 Å². The first kappa shape index (κ1) is 15.9. The van der Waals surface area contributed by atoms with E-state index in [2.05, 4.69) is 15.5 Å². The van der Waals surface area contributed by atoms with Gasteiger partial charge in [0.25, 0.3) is 0 Å². The second-order valence-electron chi connectivity index (χ2n) is 5.05. The predicted molar refractivity (Wildman–Crippen MR) is 82.6 cm³/mol. The monoisotopic (exact) mass is 337 g/mol. The Labute approximate surface area is 136 Å². The van der Waals surface area contributed by atoms with Crippen LogP contribution in [-0.4, -0.2) is 28.5 Å². The predicted octanol–water partition coefficient (Wildman–Crippen LogP) is 3.18. The number of carbonyl (C=O) groups is 1. The summed E-state index contributed by atoms with van der Waals surface area (Å²) in [5.74, 6) is 0.496. The lowest BCUT2D eigenvalue weighted by atomic mass is 10.2. The molecule has 1 fully saturated rings. The molecule has 2 heterocycles. The van der Waals surface area contributed by atoms with Crippen molar-refractivity contribution in [3.8, 4) is 0 Å². The molecule has 0 spiro atoms. The number of aromatic nitrogens is 2. The van der Waals surface area contributed by atoms with Gasteiger partial charge in [0.05, 0.1) is 0 Å². The molecule has 1 saturated heterocycles. The Kier molecular flexibility index (Phi) is 5.24. The summed E-state index contributed by atoms with van der Waals surface area (Å²) < 4.78 is 23.6. The first-order valence-electron chi connectivity index (χ1n) is 7.34. The van der Waals surface area contributed by atoms with E-state index >= 15 is 0 Å². The summed E-state index contributed by atoms with van der Waals surface area (Å²) in [7, 11) is 0. The first-order chi connectivity index (χ1) is 11.2. The van der Waals surface area contributed by atoms with Crippen molar-refractivity contribution < 1.29 is 18.3 Å². The number of anilines is 1. The Balaban J connectivity index is 1.43. The van der Waals surface area contributed by atoms with E-state index in [0.717, 1.165) is 17.7 Å². The van der Waals surface area contributed by atoms with Gasteiger partial charge < -0.3 is 9.15 Å². The average Bonchev–Trinajstić information content (AvgIpc) is 3.20. The average molecular weight is 337 g/mol. The third-order valence-electron chi connectivity index (χ3n) is 3.30. The molecule has 1 unspecified atom stereocenters. The van der Waals surface area contributed by atoms with Crippen LogP contribution in [0.15, 0.2) is 33.6 Å². The smallest absolute Gasteiger partial charge is 0.322 e. The van der Waals surface area contributed by atoms with Gasteiger partial charge in [-0.2, -0.15) is 0 Å². The molecule has 1 aromatic heterocycles. The molecule has 1 N–H and O–H groups in total. The van der Waals surface area contributed by atoms with Crippen molar-refractivity contribution in [3.05, 3.63) is 36.0 Å². The molecule has 1 atom stereocenters. The van der Waals surface area contributed by atoms with Crippen LogP contribution in [0.5, 0.6) is 0 Å². The fourth-order valence-electron chi connectivity index (χ4n) is 2.16. The Bertz CT molecular complexity index is 656. The van der Waals surface area contributed by atoms with Gasteiger partial charge in [0.2, 0.25) is 11.8 Å². The van der Waals surface area contributed by atoms with Crippen LogP contribution in [-0.2, 0) is 9.53 Å². The van der Waals surface area contributed by atoms with Crippen LogP contribution >= 0.6 is 11.8 Å². The van der Waals surface area contributed by atoms with E-state index in [0.29, 0.717) is 24.7 Å². The molecular weight excluding hydrogens is 321 g/mol. The molecule has 0 radical (unpaired) electrons. The Morgan fingerprint density at radius 2 is 2.17 bits per heavy atom. The zero-order valence-corrected chi connectivity index (χ0v) is 13.1. The number of nitrogens with one attached hydrogen (secondary N) is 1. The molecule has 8 heteroatoms. The van der Waals surface area contributed by atoms with Crippen molar-refractivity contribution in [2.75, 3.05) is 17.7 Å². The maximum Gasteiger partial charge on any atom is 0.322 e. The minimum atomic E-state index is -0.273. The van der Waals surface area contributed by atoms with E-state index in [1.165, 1.54) is 23.9 Å². The number of thioether (sulfide) groups is 1. The van der Waals surface area contributed by atoms with Crippen LogP contribution < -0.4 is 5.32 Å². The van der Waals surface area contributed by atoms with E-state index in [-0.39, 0.29) is 23.8 Å². The van der Waals surface area contributed by atoms with E-state index in [1.54, 1.807) is 12.1 Å². The highest BCUT2D eigenvalue weighted by atomic mass is 32.2. The number of benzene rings is 1. The van der Waals surface area contributed by atoms with Crippen LogP contribution in [0.1, 0.15) is 31.3 Å². The molecule has 0 bridgehead atoms. The number of ether oxygens (including phenoxy) is 1. The van der Waals surface area contributed by atoms with Gasteiger partial charge >= 0.3 is 6.01 Å². The van der Waals surface area contributed by atoms with Gasteiger partial charge in [-0.05, 0) is 37.1 Å². The summed E-state index contributed by atoms with van der Waals surface area (Å²) in [6, 6.07) is 6.25. The molecule has 1 aliphatic heterocycles. The highest BCUT2D eigenvalue weighted by molar-refractivity contribution is 7.99. The van der Waals surface area contributed by atoms with E-state index < -0.39 is 0 Å². The van der Waals surface area contributed by atoms with Crippen LogP contribution in [0, 0.1) is 5.82 Å². The molecule has 1 aliphatic rings. The maximum atomic E-state index is 12.8. The number of halogens is 1. The second kappa shape index (κ2) is 7.56. The van der Waals surface area contributed by atoms with Gasteiger partial charge in [0.1, 0.15) is 11.9 Å². The molecule has 1 amide bonds. The van der Waals surface area contributed by atoms with Crippen molar-refractivity contribution >= 4 is 23.7 Å². The highest BCUT2D eigenvalue weighted by Gasteiger charge is 2.23. The largest absolute Gasteiger partial charge is 0.405 e. The maximum absolute atomic E-state index is 12.8. The Morgan fingerprint density at radius 1 is 1.35 bits per heavy atom. The van der Waals surface area contributed by atoms with Crippen molar-refractivity contribution in [2.24, 2.45) is 0 Å². The summed E-state index contributed by atoms with van der Waals surface area (Å²) in [5, 5.41) is 10.3. The second-order valence-corrected chi connectivity index (χ2v) is 6.22. The summed E-state index contributed by atoms with van der Waals surface area (Å²) in [4.78, 5) is 12.8. The number of nitrogens with zero attached hydrogens (tertiary/aromatic N) is 2. The molecule has 0 saturated carbocycles. The standard InChI is InChI=1S/C15H16FN3O3S/c16-10-3-5-11(6-4-10)23-9-7-13(20)17-15-19-18-14(22-15)12-2-1-8-21-12/h3-6,12H,1-2,7-9H2,(H,17,19,20). The Morgan fingerprint density at radius 3 is 2.91 bits per heavy atom. The van der Waals surface area contributed by atoms with Gasteiger partial charge in [0, 0.05) is 23.7 Å². The summed E-state index contributed by atoms with van der Waals surface area (Å²) in [6.45, 7) is 0.690. The van der Waals surface area contributed by atoms with E-state index in [9.17, 15) is 9.18 Å². The lowest BCUT2D eigenvalue weighted by Gasteiger charge is -2.03. The minimum absolute atomic E-state index is 0.0901. The zero-order chi connectivity index (χ0) is 16.1. The molecular formula is C15H16FN3O3S.